The van der Waals surface area contributed by atoms with Gasteiger partial charge in [0.05, 0.1) is 30.7 Å². The van der Waals surface area contributed by atoms with Crippen LogP contribution >= 0.6 is 11.8 Å². The van der Waals surface area contributed by atoms with Crippen LogP contribution in [0.3, 0.4) is 0 Å². The Morgan fingerprint density at radius 1 is 0.826 bits per heavy atom. The molecular weight excluding hydrogens is 619 g/mol. The van der Waals surface area contributed by atoms with Crippen molar-refractivity contribution >= 4 is 46.9 Å². The van der Waals surface area contributed by atoms with Gasteiger partial charge in [0.25, 0.3) is 11.8 Å². The minimum Gasteiger partial charge on any atom is -0.497 e. The van der Waals surface area contributed by atoms with Crippen LogP contribution in [0.2, 0.25) is 0 Å². The molecule has 3 N–H and O–H groups in total. The van der Waals surface area contributed by atoms with Crippen molar-refractivity contribution < 1.29 is 37.0 Å². The van der Waals surface area contributed by atoms with Crippen molar-refractivity contribution in [2.24, 2.45) is 0 Å². The van der Waals surface area contributed by atoms with Gasteiger partial charge in [-0.3, -0.25) is 14.4 Å². The number of halogens is 3. The van der Waals surface area contributed by atoms with Crippen LogP contribution < -0.4 is 25.4 Å². The Kier molecular flexibility index (Phi) is 11.1. The standard InChI is InChI=1S/C34H30F3N3O5S/c1-21(31(41)39-28-15-8-7-14-27(28)34(35,36)37)46-26-13-9-12-24(20-26)38-33(43)29(40-32(42)22-10-5-4-6-11-22)19-23-18-25(44-2)16-17-30(23)45-3/h4-21H,1-3H3,(H,38,43)(H,39,41)(H,40,42)/b29-19+. The molecule has 4 aromatic carbocycles. The Morgan fingerprint density at radius 2 is 1.54 bits per heavy atom. The molecule has 1 atom stereocenters. The molecule has 4 aromatic rings. The maximum absolute atomic E-state index is 13.6. The zero-order valence-electron chi connectivity index (χ0n) is 25.0. The van der Waals surface area contributed by atoms with E-state index in [1.165, 1.54) is 38.5 Å². The first kappa shape index (κ1) is 33.7. The second-order valence-electron chi connectivity index (χ2n) is 9.76. The minimum absolute atomic E-state index is 0.0884. The average molecular weight is 650 g/mol. The zero-order chi connectivity index (χ0) is 33.3. The lowest BCUT2D eigenvalue weighted by Gasteiger charge is -2.17. The number of benzene rings is 4. The van der Waals surface area contributed by atoms with E-state index in [-0.39, 0.29) is 11.4 Å². The van der Waals surface area contributed by atoms with Crippen LogP contribution in [0, 0.1) is 0 Å². The third-order valence-corrected chi connectivity index (χ3v) is 7.62. The van der Waals surface area contributed by atoms with Gasteiger partial charge in [0.15, 0.2) is 0 Å². The number of thioether (sulfide) groups is 1. The van der Waals surface area contributed by atoms with Crippen LogP contribution in [0.25, 0.3) is 6.08 Å². The van der Waals surface area contributed by atoms with Gasteiger partial charge in [-0.15, -0.1) is 11.8 Å². The molecular formula is C34H30F3N3O5S. The predicted molar refractivity (Wildman–Crippen MR) is 172 cm³/mol. The fourth-order valence-corrected chi connectivity index (χ4v) is 5.15. The first-order chi connectivity index (χ1) is 22.0. The lowest BCUT2D eigenvalue weighted by molar-refractivity contribution is -0.137. The van der Waals surface area contributed by atoms with Gasteiger partial charge in [0.2, 0.25) is 5.91 Å². The van der Waals surface area contributed by atoms with Crippen molar-refractivity contribution in [3.8, 4) is 11.5 Å². The molecule has 0 aliphatic heterocycles. The summed E-state index contributed by atoms with van der Waals surface area (Å²) in [5.41, 5.74) is -0.214. The van der Waals surface area contributed by atoms with E-state index < -0.39 is 34.7 Å². The third-order valence-electron chi connectivity index (χ3n) is 6.53. The van der Waals surface area contributed by atoms with Crippen LogP contribution in [0.15, 0.2) is 108 Å². The number of rotatable bonds is 11. The van der Waals surface area contributed by atoms with Crippen LogP contribution in [0.4, 0.5) is 24.5 Å². The van der Waals surface area contributed by atoms with Gasteiger partial charge < -0.3 is 25.4 Å². The molecule has 4 rings (SSSR count). The van der Waals surface area contributed by atoms with Crippen molar-refractivity contribution in [3.63, 3.8) is 0 Å². The maximum atomic E-state index is 13.6. The summed E-state index contributed by atoms with van der Waals surface area (Å²) in [6, 6.07) is 24.7. The summed E-state index contributed by atoms with van der Waals surface area (Å²) >= 11 is 1.09. The molecule has 0 fully saturated rings. The van der Waals surface area contributed by atoms with E-state index in [0.29, 0.717) is 33.2 Å². The van der Waals surface area contributed by atoms with Crippen molar-refractivity contribution in [2.75, 3.05) is 24.9 Å². The number of methoxy groups -OCH3 is 2. The molecule has 1 unspecified atom stereocenters. The fraction of sp³-hybridized carbons (Fsp3) is 0.147. The van der Waals surface area contributed by atoms with Gasteiger partial charge in [0.1, 0.15) is 17.2 Å². The van der Waals surface area contributed by atoms with E-state index >= 15 is 0 Å². The summed E-state index contributed by atoms with van der Waals surface area (Å²) in [4.78, 5) is 40.0. The number of anilines is 2. The van der Waals surface area contributed by atoms with Crippen molar-refractivity contribution in [3.05, 3.63) is 119 Å². The fourth-order valence-electron chi connectivity index (χ4n) is 4.23. The molecule has 46 heavy (non-hydrogen) atoms. The van der Waals surface area contributed by atoms with E-state index in [1.54, 1.807) is 79.7 Å². The second-order valence-corrected chi connectivity index (χ2v) is 11.2. The van der Waals surface area contributed by atoms with Gasteiger partial charge in [-0.1, -0.05) is 36.4 Å². The largest absolute Gasteiger partial charge is 0.497 e. The van der Waals surface area contributed by atoms with Crippen LogP contribution in [-0.2, 0) is 15.8 Å². The molecule has 0 radical (unpaired) electrons. The van der Waals surface area contributed by atoms with Gasteiger partial charge in [-0.05, 0) is 73.7 Å². The van der Waals surface area contributed by atoms with E-state index in [9.17, 15) is 27.6 Å². The van der Waals surface area contributed by atoms with E-state index in [2.05, 4.69) is 16.0 Å². The molecule has 12 heteroatoms. The SMILES string of the molecule is COc1ccc(OC)c(/C=C(/NC(=O)c2ccccc2)C(=O)Nc2cccc(SC(C)C(=O)Nc3ccccc3C(F)(F)F)c2)c1. The number of nitrogens with one attached hydrogen (secondary N) is 3. The molecule has 0 bridgehead atoms. The van der Waals surface area contributed by atoms with Crippen molar-refractivity contribution in [1.29, 1.82) is 0 Å². The molecule has 8 nitrogen and oxygen atoms in total. The zero-order valence-corrected chi connectivity index (χ0v) is 25.8. The number of carbonyl (C=O) groups excluding carboxylic acids is 3. The highest BCUT2D eigenvalue weighted by Gasteiger charge is 2.34. The van der Waals surface area contributed by atoms with Gasteiger partial charge >= 0.3 is 6.18 Å². The van der Waals surface area contributed by atoms with Gasteiger partial charge in [-0.2, -0.15) is 13.2 Å². The van der Waals surface area contributed by atoms with E-state index in [0.717, 1.165) is 17.8 Å². The summed E-state index contributed by atoms with van der Waals surface area (Å²) in [6.45, 7) is 1.56. The van der Waals surface area contributed by atoms with Gasteiger partial charge in [-0.25, -0.2) is 0 Å². The first-order valence-electron chi connectivity index (χ1n) is 13.8. The number of para-hydroxylation sites is 1. The summed E-state index contributed by atoms with van der Waals surface area (Å²) < 4.78 is 50.9. The van der Waals surface area contributed by atoms with E-state index in [1.807, 2.05) is 0 Å². The lowest BCUT2D eigenvalue weighted by Crippen LogP contribution is -2.30. The Bertz CT molecular complexity index is 1750. The number of amides is 3. The van der Waals surface area contributed by atoms with Crippen molar-refractivity contribution in [2.45, 2.75) is 23.2 Å². The van der Waals surface area contributed by atoms with Crippen molar-refractivity contribution in [1.82, 2.24) is 5.32 Å². The predicted octanol–water partition coefficient (Wildman–Crippen LogP) is 7.25. The topological polar surface area (TPSA) is 106 Å². The Hall–Kier alpha value is -5.23. The highest BCUT2D eigenvalue weighted by molar-refractivity contribution is 8.00. The maximum Gasteiger partial charge on any atom is 0.418 e. The molecule has 0 aromatic heterocycles. The van der Waals surface area contributed by atoms with Crippen LogP contribution in [-0.4, -0.2) is 37.2 Å². The second kappa shape index (κ2) is 15.2. The summed E-state index contributed by atoms with van der Waals surface area (Å²) in [7, 11) is 2.97. The van der Waals surface area contributed by atoms with Crippen LogP contribution in [0.5, 0.6) is 11.5 Å². The number of ether oxygens (including phenoxy) is 2. The number of hydrogen-bond acceptors (Lipinski definition) is 6. The lowest BCUT2D eigenvalue weighted by atomic mass is 10.1. The molecule has 0 aliphatic rings. The van der Waals surface area contributed by atoms with Crippen LogP contribution in [0.1, 0.15) is 28.4 Å². The monoisotopic (exact) mass is 649 g/mol. The molecule has 238 valence electrons. The quantitative estimate of drug-likeness (QED) is 0.117. The third kappa shape index (κ3) is 8.91. The normalized spacial score (nSPS) is 12.1. The van der Waals surface area contributed by atoms with Gasteiger partial charge in [0, 0.05) is 21.7 Å². The Labute approximate surface area is 268 Å². The molecule has 0 heterocycles. The molecule has 0 saturated carbocycles. The van der Waals surface area contributed by atoms with E-state index in [4.69, 9.17) is 9.47 Å². The molecule has 0 spiro atoms. The highest BCUT2D eigenvalue weighted by atomic mass is 32.2. The first-order valence-corrected chi connectivity index (χ1v) is 14.7. The Balaban J connectivity index is 1.54. The molecule has 3 amide bonds. The number of hydrogen-bond donors (Lipinski definition) is 3. The summed E-state index contributed by atoms with van der Waals surface area (Å²) in [6.07, 6.45) is -3.17. The molecule has 0 saturated heterocycles. The number of alkyl halides is 3. The Morgan fingerprint density at radius 3 is 2.24 bits per heavy atom. The average Bonchev–Trinajstić information content (AvgIpc) is 3.04. The number of carbonyl (C=O) groups is 3. The molecule has 0 aliphatic carbocycles. The summed E-state index contributed by atoms with van der Waals surface area (Å²) in [5, 5.41) is 7.00. The minimum atomic E-state index is -4.63. The highest BCUT2D eigenvalue weighted by Crippen LogP contribution is 2.35. The summed E-state index contributed by atoms with van der Waals surface area (Å²) in [5.74, 6) is -0.849. The smallest absolute Gasteiger partial charge is 0.418 e.